The summed E-state index contributed by atoms with van der Waals surface area (Å²) in [5.41, 5.74) is 0.711. The van der Waals surface area contributed by atoms with Crippen LogP contribution in [0.2, 0.25) is 0 Å². The fourth-order valence-electron chi connectivity index (χ4n) is 5.07. The lowest BCUT2D eigenvalue weighted by Gasteiger charge is -2.34. The van der Waals surface area contributed by atoms with E-state index in [1.54, 1.807) is 13.8 Å². The van der Waals surface area contributed by atoms with Gasteiger partial charge in [0.25, 0.3) is 11.5 Å². The highest BCUT2D eigenvalue weighted by atomic mass is 16.2. The second-order valence-corrected chi connectivity index (χ2v) is 9.39. The van der Waals surface area contributed by atoms with Crippen LogP contribution in [0.25, 0.3) is 0 Å². The van der Waals surface area contributed by atoms with Crippen LogP contribution in [0.4, 0.5) is 4.79 Å². The average molecular weight is 430 g/mol. The summed E-state index contributed by atoms with van der Waals surface area (Å²) >= 11 is 0. The number of fused-ring (bicyclic) bond motifs is 1. The summed E-state index contributed by atoms with van der Waals surface area (Å²) in [6.07, 6.45) is 4.40. The molecular formula is C22H31N5O4. The molecule has 1 N–H and O–H groups in total. The lowest BCUT2D eigenvalue weighted by atomic mass is 9.91. The van der Waals surface area contributed by atoms with Gasteiger partial charge in [-0.15, -0.1) is 0 Å². The fourth-order valence-corrected chi connectivity index (χ4v) is 5.07. The molecule has 4 rings (SSSR count). The van der Waals surface area contributed by atoms with Gasteiger partial charge in [-0.3, -0.25) is 19.3 Å². The Balaban J connectivity index is 1.39. The molecule has 0 bridgehead atoms. The predicted molar refractivity (Wildman–Crippen MR) is 114 cm³/mol. The first-order chi connectivity index (χ1) is 14.7. The molecule has 4 amide bonds. The number of nitrogens with zero attached hydrogens (tertiary/aromatic N) is 4. The van der Waals surface area contributed by atoms with Crippen molar-refractivity contribution in [2.75, 3.05) is 19.6 Å². The lowest BCUT2D eigenvalue weighted by molar-refractivity contribution is -0.134. The summed E-state index contributed by atoms with van der Waals surface area (Å²) < 4.78 is 2.19. The van der Waals surface area contributed by atoms with Gasteiger partial charge in [0.15, 0.2) is 0 Å². The van der Waals surface area contributed by atoms with E-state index in [4.69, 9.17) is 0 Å². The zero-order valence-electron chi connectivity index (χ0n) is 18.6. The quantitative estimate of drug-likeness (QED) is 0.711. The molecule has 1 aromatic heterocycles. The SMILES string of the molecule is Cc1c([C@H]2CCCN(C(=O)CCCN3C(=O)NC(C)(C)C3=O)C2)n2c(nc1=O)CCC2. The Morgan fingerprint density at radius 1 is 1.19 bits per heavy atom. The highest BCUT2D eigenvalue weighted by Crippen LogP contribution is 2.31. The summed E-state index contributed by atoms with van der Waals surface area (Å²) in [5, 5.41) is 2.66. The minimum atomic E-state index is -0.887. The maximum Gasteiger partial charge on any atom is 0.325 e. The fraction of sp³-hybridized carbons (Fsp3) is 0.682. The number of piperidine rings is 1. The lowest BCUT2D eigenvalue weighted by Crippen LogP contribution is -2.41. The maximum absolute atomic E-state index is 12.9. The molecule has 2 saturated heterocycles. The standard InChI is InChI=1S/C22H31N5O4/c1-14-18(26-11-5-8-16(26)23-19(14)29)15-7-4-10-25(13-15)17(28)9-6-12-27-20(30)22(2,3)24-21(27)31/h15H,4-13H2,1-3H3,(H,24,31)/t15-/m0/s1. The third-order valence-corrected chi connectivity index (χ3v) is 6.70. The highest BCUT2D eigenvalue weighted by Gasteiger charge is 2.43. The number of hydrogen-bond acceptors (Lipinski definition) is 5. The van der Waals surface area contributed by atoms with E-state index in [9.17, 15) is 19.2 Å². The number of amides is 4. The van der Waals surface area contributed by atoms with E-state index in [2.05, 4.69) is 14.9 Å². The molecule has 0 aromatic carbocycles. The van der Waals surface area contributed by atoms with Gasteiger partial charge in [0.1, 0.15) is 11.4 Å². The molecule has 9 heteroatoms. The number of urea groups is 1. The summed E-state index contributed by atoms with van der Waals surface area (Å²) in [5.74, 6) is 0.782. The Hall–Kier alpha value is -2.71. The zero-order chi connectivity index (χ0) is 22.3. The van der Waals surface area contributed by atoms with Crippen molar-refractivity contribution in [2.24, 2.45) is 0 Å². The molecule has 0 saturated carbocycles. The second-order valence-electron chi connectivity index (χ2n) is 9.39. The number of carbonyl (C=O) groups is 3. The van der Waals surface area contributed by atoms with Crippen LogP contribution in [-0.4, -0.2) is 62.4 Å². The molecule has 4 heterocycles. The number of aromatic nitrogens is 2. The maximum atomic E-state index is 12.9. The number of aryl methyl sites for hydroxylation is 1. The molecule has 0 aliphatic carbocycles. The predicted octanol–water partition coefficient (Wildman–Crippen LogP) is 1.31. The number of hydrogen-bond donors (Lipinski definition) is 1. The number of rotatable bonds is 5. The van der Waals surface area contributed by atoms with Gasteiger partial charge in [0, 0.05) is 56.2 Å². The van der Waals surface area contributed by atoms with Crippen molar-refractivity contribution >= 4 is 17.8 Å². The Kier molecular flexibility index (Phi) is 5.61. The van der Waals surface area contributed by atoms with Crippen molar-refractivity contribution in [1.29, 1.82) is 0 Å². The average Bonchev–Trinajstić information content (AvgIpc) is 3.25. The Labute approximate surface area is 181 Å². The molecule has 0 spiro atoms. The first-order valence-electron chi connectivity index (χ1n) is 11.2. The summed E-state index contributed by atoms with van der Waals surface area (Å²) in [7, 11) is 0. The minimum absolute atomic E-state index is 0.0340. The van der Waals surface area contributed by atoms with Gasteiger partial charge in [-0.05, 0) is 46.5 Å². The van der Waals surface area contributed by atoms with Crippen LogP contribution in [-0.2, 0) is 22.6 Å². The number of likely N-dealkylation sites (tertiary alicyclic amines) is 1. The third kappa shape index (κ3) is 3.97. The number of nitrogens with one attached hydrogen (secondary N) is 1. The zero-order valence-corrected chi connectivity index (χ0v) is 18.6. The monoisotopic (exact) mass is 429 g/mol. The van der Waals surface area contributed by atoms with Crippen molar-refractivity contribution in [3.8, 4) is 0 Å². The first-order valence-corrected chi connectivity index (χ1v) is 11.2. The molecule has 168 valence electrons. The Morgan fingerprint density at radius 3 is 2.68 bits per heavy atom. The van der Waals surface area contributed by atoms with Crippen molar-refractivity contribution < 1.29 is 14.4 Å². The summed E-state index contributed by atoms with van der Waals surface area (Å²) in [4.78, 5) is 56.8. The highest BCUT2D eigenvalue weighted by molar-refractivity contribution is 6.06. The molecule has 3 aliphatic heterocycles. The Morgan fingerprint density at radius 2 is 1.97 bits per heavy atom. The van der Waals surface area contributed by atoms with Crippen molar-refractivity contribution in [1.82, 2.24) is 24.7 Å². The minimum Gasteiger partial charge on any atom is -0.342 e. The van der Waals surface area contributed by atoms with Gasteiger partial charge in [0.2, 0.25) is 5.91 Å². The topological polar surface area (TPSA) is 105 Å². The Bertz CT molecular complexity index is 983. The third-order valence-electron chi connectivity index (χ3n) is 6.70. The van der Waals surface area contributed by atoms with Crippen molar-refractivity contribution in [2.45, 2.75) is 77.3 Å². The van der Waals surface area contributed by atoms with E-state index in [-0.39, 0.29) is 36.3 Å². The van der Waals surface area contributed by atoms with E-state index >= 15 is 0 Å². The molecule has 0 unspecified atom stereocenters. The first kappa shape index (κ1) is 21.5. The van der Waals surface area contributed by atoms with Gasteiger partial charge >= 0.3 is 6.03 Å². The van der Waals surface area contributed by atoms with E-state index in [1.165, 1.54) is 4.90 Å². The van der Waals surface area contributed by atoms with Crippen LogP contribution in [0, 0.1) is 6.92 Å². The summed E-state index contributed by atoms with van der Waals surface area (Å²) in [6.45, 7) is 7.61. The van der Waals surface area contributed by atoms with Gasteiger partial charge in [-0.2, -0.15) is 4.98 Å². The molecule has 2 fully saturated rings. The van der Waals surface area contributed by atoms with E-state index in [1.807, 2.05) is 11.8 Å². The van der Waals surface area contributed by atoms with Gasteiger partial charge in [0.05, 0.1) is 0 Å². The van der Waals surface area contributed by atoms with Crippen LogP contribution in [0.1, 0.15) is 69.0 Å². The smallest absolute Gasteiger partial charge is 0.325 e. The molecule has 0 radical (unpaired) electrons. The van der Waals surface area contributed by atoms with Crippen LogP contribution in [0.3, 0.4) is 0 Å². The largest absolute Gasteiger partial charge is 0.342 e. The van der Waals surface area contributed by atoms with E-state index in [0.29, 0.717) is 25.1 Å². The molecule has 3 aliphatic rings. The molecular weight excluding hydrogens is 398 g/mol. The van der Waals surface area contributed by atoms with Crippen molar-refractivity contribution in [3.05, 3.63) is 27.4 Å². The van der Waals surface area contributed by atoms with Crippen molar-refractivity contribution in [3.63, 3.8) is 0 Å². The summed E-state index contributed by atoms with van der Waals surface area (Å²) in [6, 6.07) is -0.395. The molecule has 1 aromatic rings. The second kappa shape index (κ2) is 8.09. The van der Waals surface area contributed by atoms with Crippen LogP contribution in [0.15, 0.2) is 4.79 Å². The molecule has 1 atom stereocenters. The number of imide groups is 1. The van der Waals surface area contributed by atoms with Crippen LogP contribution < -0.4 is 10.9 Å². The van der Waals surface area contributed by atoms with Crippen LogP contribution in [0.5, 0.6) is 0 Å². The molecule has 9 nitrogen and oxygen atoms in total. The van der Waals surface area contributed by atoms with Gasteiger partial charge in [-0.25, -0.2) is 4.79 Å². The van der Waals surface area contributed by atoms with Crippen LogP contribution >= 0.6 is 0 Å². The van der Waals surface area contributed by atoms with E-state index < -0.39 is 11.6 Å². The molecule has 31 heavy (non-hydrogen) atoms. The van der Waals surface area contributed by atoms with Gasteiger partial charge < -0.3 is 14.8 Å². The number of carbonyl (C=O) groups excluding carboxylic acids is 3. The van der Waals surface area contributed by atoms with Gasteiger partial charge in [-0.1, -0.05) is 0 Å². The van der Waals surface area contributed by atoms with E-state index in [0.717, 1.165) is 43.7 Å². The normalized spacial score (nSPS) is 22.6.